The van der Waals surface area contributed by atoms with Gasteiger partial charge in [-0.15, -0.1) is 10.2 Å². The van der Waals surface area contributed by atoms with Crippen molar-refractivity contribution in [1.82, 2.24) is 25.5 Å². The van der Waals surface area contributed by atoms with Crippen molar-refractivity contribution in [3.63, 3.8) is 0 Å². The number of aromatic nitrogens is 4. The molecule has 0 fully saturated rings. The quantitative estimate of drug-likeness (QED) is 0.693. The lowest BCUT2D eigenvalue weighted by Gasteiger charge is -2.15. The third-order valence-corrected chi connectivity index (χ3v) is 4.23. The van der Waals surface area contributed by atoms with Crippen LogP contribution in [0, 0.1) is 6.92 Å². The second kappa shape index (κ2) is 8.35. The van der Waals surface area contributed by atoms with Crippen LogP contribution >= 0.6 is 0 Å². The highest BCUT2D eigenvalue weighted by Crippen LogP contribution is 2.17. The van der Waals surface area contributed by atoms with Crippen LogP contribution in [0.15, 0.2) is 54.6 Å². The number of nitrogens with one attached hydrogen (secondary N) is 1. The number of tetrazole rings is 1. The molecule has 7 nitrogen and oxygen atoms in total. The Kier molecular flexibility index (Phi) is 5.71. The minimum atomic E-state index is -0.584. The first-order chi connectivity index (χ1) is 13.0. The molecule has 0 saturated carbocycles. The van der Waals surface area contributed by atoms with Gasteiger partial charge in [0.15, 0.2) is 5.78 Å². The summed E-state index contributed by atoms with van der Waals surface area (Å²) >= 11 is 0. The Bertz CT molecular complexity index is 936. The van der Waals surface area contributed by atoms with Crippen LogP contribution in [0.2, 0.25) is 0 Å². The van der Waals surface area contributed by atoms with Crippen LogP contribution in [0.4, 0.5) is 0 Å². The van der Waals surface area contributed by atoms with Gasteiger partial charge in [-0.3, -0.25) is 9.59 Å². The van der Waals surface area contributed by atoms with Crippen LogP contribution in [0.5, 0.6) is 0 Å². The first kappa shape index (κ1) is 18.4. The number of carbonyl (C=O) groups is 2. The normalized spacial score (nSPS) is 11.8. The zero-order valence-corrected chi connectivity index (χ0v) is 15.3. The Hall–Kier alpha value is -3.35. The molecule has 2 aromatic carbocycles. The third-order valence-electron chi connectivity index (χ3n) is 4.23. The summed E-state index contributed by atoms with van der Waals surface area (Å²) in [6.45, 7) is 3.33. The number of hydrogen-bond donors (Lipinski definition) is 1. The maximum Gasteiger partial charge on any atom is 0.244 e. The molecule has 0 saturated heterocycles. The van der Waals surface area contributed by atoms with Gasteiger partial charge in [-0.05, 0) is 36.6 Å². The van der Waals surface area contributed by atoms with Gasteiger partial charge in [0.05, 0.1) is 6.04 Å². The lowest BCUT2D eigenvalue weighted by molar-refractivity contribution is -0.127. The number of hydrogen-bond acceptors (Lipinski definition) is 5. The minimum absolute atomic E-state index is 0.0978. The molecular weight excluding hydrogens is 342 g/mol. The highest BCUT2D eigenvalue weighted by atomic mass is 16.2. The molecular formula is C20H21N5O2. The minimum Gasteiger partial charge on any atom is -0.344 e. The van der Waals surface area contributed by atoms with Gasteiger partial charge in [0, 0.05) is 5.56 Å². The number of amides is 1. The van der Waals surface area contributed by atoms with E-state index in [4.69, 9.17) is 0 Å². The molecule has 3 aromatic rings. The van der Waals surface area contributed by atoms with E-state index in [-0.39, 0.29) is 18.2 Å². The molecule has 1 N–H and O–H groups in total. The molecule has 27 heavy (non-hydrogen) atoms. The van der Waals surface area contributed by atoms with Gasteiger partial charge in [0.25, 0.3) is 0 Å². The van der Waals surface area contributed by atoms with Crippen LogP contribution in [-0.4, -0.2) is 37.9 Å². The Labute approximate surface area is 157 Å². The summed E-state index contributed by atoms with van der Waals surface area (Å²) in [7, 11) is 0. The maximum atomic E-state index is 12.3. The van der Waals surface area contributed by atoms with Crippen LogP contribution in [0.1, 0.15) is 18.1 Å². The summed E-state index contributed by atoms with van der Waals surface area (Å²) in [6.07, 6.45) is 0.446. The van der Waals surface area contributed by atoms with Crippen molar-refractivity contribution >= 4 is 11.7 Å². The summed E-state index contributed by atoms with van der Waals surface area (Å²) in [5.74, 6) is 0.0347. The van der Waals surface area contributed by atoms with Crippen LogP contribution < -0.4 is 5.32 Å². The first-order valence-corrected chi connectivity index (χ1v) is 8.70. The molecule has 0 radical (unpaired) electrons. The fraction of sp³-hybridized carbons (Fsp3) is 0.250. The van der Waals surface area contributed by atoms with E-state index in [2.05, 4.69) is 20.7 Å². The van der Waals surface area contributed by atoms with Gasteiger partial charge in [-0.2, -0.15) is 4.80 Å². The molecule has 0 aliphatic rings. The highest BCUT2D eigenvalue weighted by Gasteiger charge is 2.19. The van der Waals surface area contributed by atoms with E-state index in [1.165, 1.54) is 11.7 Å². The van der Waals surface area contributed by atoms with E-state index in [1.54, 1.807) is 0 Å². The lowest BCUT2D eigenvalue weighted by atomic mass is 10.0. The highest BCUT2D eigenvalue weighted by molar-refractivity contribution is 5.87. The Balaban J connectivity index is 1.64. The molecule has 0 spiro atoms. The number of aryl methyl sites for hydroxylation is 1. The lowest BCUT2D eigenvalue weighted by Crippen LogP contribution is -2.43. The van der Waals surface area contributed by atoms with E-state index in [0.29, 0.717) is 12.2 Å². The summed E-state index contributed by atoms with van der Waals surface area (Å²) < 4.78 is 0. The summed E-state index contributed by atoms with van der Waals surface area (Å²) in [5.41, 5.74) is 2.88. The van der Waals surface area contributed by atoms with Crippen LogP contribution in [0.3, 0.4) is 0 Å². The van der Waals surface area contributed by atoms with E-state index >= 15 is 0 Å². The van der Waals surface area contributed by atoms with Crippen molar-refractivity contribution in [2.24, 2.45) is 0 Å². The van der Waals surface area contributed by atoms with Gasteiger partial charge >= 0.3 is 0 Å². The van der Waals surface area contributed by atoms with Gasteiger partial charge in [0.1, 0.15) is 6.54 Å². The van der Waals surface area contributed by atoms with Gasteiger partial charge in [-0.1, -0.05) is 54.6 Å². The number of nitrogens with zero attached hydrogens (tertiary/aromatic N) is 4. The second-order valence-corrected chi connectivity index (χ2v) is 6.38. The summed E-state index contributed by atoms with van der Waals surface area (Å²) in [5, 5.41) is 15.0. The van der Waals surface area contributed by atoms with Crippen molar-refractivity contribution in [3.8, 4) is 11.4 Å². The number of carbonyl (C=O) groups excluding carboxylic acids is 2. The number of Topliss-reactive ketones (excluding diaryl/α,β-unsaturated/α-hetero) is 1. The van der Waals surface area contributed by atoms with E-state index in [9.17, 15) is 9.59 Å². The van der Waals surface area contributed by atoms with Gasteiger partial charge in [-0.25, -0.2) is 0 Å². The molecule has 138 valence electrons. The zero-order valence-electron chi connectivity index (χ0n) is 15.3. The van der Waals surface area contributed by atoms with Crippen molar-refractivity contribution in [3.05, 3.63) is 65.7 Å². The molecule has 1 amide bonds. The molecule has 1 atom stereocenters. The molecule has 1 heterocycles. The molecule has 0 aliphatic carbocycles. The number of ketones is 1. The smallest absolute Gasteiger partial charge is 0.244 e. The van der Waals surface area contributed by atoms with Gasteiger partial charge < -0.3 is 5.32 Å². The van der Waals surface area contributed by atoms with Crippen molar-refractivity contribution in [2.45, 2.75) is 32.9 Å². The van der Waals surface area contributed by atoms with Crippen LogP contribution in [0.25, 0.3) is 11.4 Å². The summed E-state index contributed by atoms with van der Waals surface area (Å²) in [4.78, 5) is 25.5. The maximum absolute atomic E-state index is 12.3. The van der Waals surface area contributed by atoms with Crippen LogP contribution in [-0.2, 0) is 22.6 Å². The Morgan fingerprint density at radius 3 is 2.48 bits per heavy atom. The van der Waals surface area contributed by atoms with E-state index < -0.39 is 6.04 Å². The number of benzene rings is 2. The average molecular weight is 363 g/mol. The fourth-order valence-electron chi connectivity index (χ4n) is 2.76. The molecule has 0 bridgehead atoms. The average Bonchev–Trinajstić information content (AvgIpc) is 3.10. The third kappa shape index (κ3) is 4.84. The fourth-order valence-corrected chi connectivity index (χ4v) is 2.76. The van der Waals surface area contributed by atoms with E-state index in [1.807, 2.05) is 61.5 Å². The topological polar surface area (TPSA) is 89.8 Å². The SMILES string of the molecule is CC(=O)[C@@H](Cc1ccccc1)NC(=O)Cn1nnc(-c2ccccc2C)n1. The predicted molar refractivity (Wildman–Crippen MR) is 101 cm³/mol. The molecule has 1 aromatic heterocycles. The second-order valence-electron chi connectivity index (χ2n) is 6.38. The standard InChI is InChI=1S/C20H21N5O2/c1-14-8-6-7-11-17(14)20-22-24-25(23-20)13-19(27)21-18(15(2)26)12-16-9-4-3-5-10-16/h3-11,18H,12-13H2,1-2H3,(H,21,27)/t18-/m1/s1. The summed E-state index contributed by atoms with van der Waals surface area (Å²) in [6, 6.07) is 16.7. The molecule has 0 unspecified atom stereocenters. The van der Waals surface area contributed by atoms with Crippen molar-refractivity contribution < 1.29 is 9.59 Å². The zero-order chi connectivity index (χ0) is 19.2. The van der Waals surface area contributed by atoms with Crippen molar-refractivity contribution in [1.29, 1.82) is 0 Å². The first-order valence-electron chi connectivity index (χ1n) is 8.70. The van der Waals surface area contributed by atoms with E-state index in [0.717, 1.165) is 16.7 Å². The molecule has 3 rings (SSSR count). The number of rotatable bonds is 7. The molecule has 7 heteroatoms. The molecule has 0 aliphatic heterocycles. The Morgan fingerprint density at radius 2 is 1.78 bits per heavy atom. The van der Waals surface area contributed by atoms with Crippen molar-refractivity contribution in [2.75, 3.05) is 0 Å². The largest absolute Gasteiger partial charge is 0.344 e. The monoisotopic (exact) mass is 363 g/mol. The van der Waals surface area contributed by atoms with Gasteiger partial charge in [0.2, 0.25) is 11.7 Å². The predicted octanol–water partition coefficient (Wildman–Crippen LogP) is 1.97. The Morgan fingerprint density at radius 1 is 1.07 bits per heavy atom.